The minimum atomic E-state index is 0.509. The fraction of sp³-hybridized carbons (Fsp3) is 0.182. The molecule has 2 aromatic rings. The van der Waals surface area contributed by atoms with Crippen LogP contribution in [0.5, 0.6) is 5.75 Å². The maximum Gasteiger partial charge on any atom is 0.140 e. The van der Waals surface area contributed by atoms with Crippen molar-refractivity contribution < 1.29 is 4.74 Å². The van der Waals surface area contributed by atoms with E-state index in [4.69, 9.17) is 10.5 Å². The molecule has 1 heterocycles. The summed E-state index contributed by atoms with van der Waals surface area (Å²) in [5.74, 6) is 0.863. The Labute approximate surface area is 92.5 Å². The first kappa shape index (κ1) is 10.1. The largest absolute Gasteiger partial charge is 0.486 e. The van der Waals surface area contributed by atoms with Crippen molar-refractivity contribution in [3.63, 3.8) is 0 Å². The molecule has 15 heavy (non-hydrogen) atoms. The number of para-hydroxylation sites is 1. The number of benzene rings is 1. The molecular weight excluding hydrogens is 208 g/mol. The Morgan fingerprint density at radius 3 is 2.73 bits per heavy atom. The fourth-order valence-corrected chi connectivity index (χ4v) is 1.89. The summed E-state index contributed by atoms with van der Waals surface area (Å²) >= 11 is 1.59. The number of rotatable bonds is 4. The topological polar surface area (TPSA) is 48.1 Å². The third-order valence-electron chi connectivity index (χ3n) is 1.91. The van der Waals surface area contributed by atoms with Gasteiger partial charge in [0.1, 0.15) is 17.4 Å². The van der Waals surface area contributed by atoms with Gasteiger partial charge in [0, 0.05) is 17.6 Å². The van der Waals surface area contributed by atoms with Crippen LogP contribution < -0.4 is 10.5 Å². The molecule has 1 aromatic carbocycles. The van der Waals surface area contributed by atoms with E-state index in [1.54, 1.807) is 17.5 Å². The number of hydrogen-bond acceptors (Lipinski definition) is 4. The summed E-state index contributed by atoms with van der Waals surface area (Å²) < 4.78 is 5.56. The zero-order valence-corrected chi connectivity index (χ0v) is 9.04. The van der Waals surface area contributed by atoms with E-state index in [0.717, 1.165) is 15.6 Å². The lowest BCUT2D eigenvalue weighted by atomic mass is 10.3. The van der Waals surface area contributed by atoms with Gasteiger partial charge in [-0.15, -0.1) is 11.3 Å². The molecule has 0 saturated heterocycles. The molecule has 0 aliphatic rings. The lowest BCUT2D eigenvalue weighted by molar-refractivity contribution is 0.305. The van der Waals surface area contributed by atoms with E-state index in [9.17, 15) is 0 Å². The van der Waals surface area contributed by atoms with Gasteiger partial charge in [-0.3, -0.25) is 0 Å². The normalized spacial score (nSPS) is 10.2. The molecule has 0 aliphatic heterocycles. The predicted octanol–water partition coefficient (Wildman–Crippen LogP) is 2.18. The van der Waals surface area contributed by atoms with Crippen LogP contribution in [-0.2, 0) is 13.2 Å². The second-order valence-electron chi connectivity index (χ2n) is 3.03. The average molecular weight is 220 g/mol. The van der Waals surface area contributed by atoms with Crippen LogP contribution in [0.25, 0.3) is 0 Å². The van der Waals surface area contributed by atoms with Gasteiger partial charge in [-0.25, -0.2) is 4.98 Å². The Bertz CT molecular complexity index is 414. The van der Waals surface area contributed by atoms with Crippen LogP contribution in [0.4, 0.5) is 0 Å². The summed E-state index contributed by atoms with van der Waals surface area (Å²) in [6.07, 6.45) is 1.80. The lowest BCUT2D eigenvalue weighted by Gasteiger charge is -2.02. The highest BCUT2D eigenvalue weighted by Gasteiger charge is 2.01. The predicted molar refractivity (Wildman–Crippen MR) is 60.8 cm³/mol. The summed E-state index contributed by atoms with van der Waals surface area (Å²) in [6, 6.07) is 9.71. The highest BCUT2D eigenvalue weighted by atomic mass is 32.1. The Kier molecular flexibility index (Phi) is 3.32. The van der Waals surface area contributed by atoms with Gasteiger partial charge in [-0.1, -0.05) is 18.2 Å². The van der Waals surface area contributed by atoms with Crippen LogP contribution in [0.3, 0.4) is 0 Å². The molecule has 0 aliphatic carbocycles. The van der Waals surface area contributed by atoms with E-state index in [1.807, 2.05) is 30.3 Å². The fourth-order valence-electron chi connectivity index (χ4n) is 1.17. The van der Waals surface area contributed by atoms with Gasteiger partial charge in [0.15, 0.2) is 0 Å². The molecule has 1 aromatic heterocycles. The van der Waals surface area contributed by atoms with Crippen molar-refractivity contribution in [1.29, 1.82) is 0 Å². The number of thiazole rings is 1. The molecule has 0 unspecified atom stereocenters. The number of ether oxygens (including phenoxy) is 1. The number of nitrogens with two attached hydrogens (primary N) is 1. The van der Waals surface area contributed by atoms with Crippen LogP contribution in [0.2, 0.25) is 0 Å². The van der Waals surface area contributed by atoms with Crippen molar-refractivity contribution in [3.05, 3.63) is 46.4 Å². The van der Waals surface area contributed by atoms with E-state index >= 15 is 0 Å². The first-order valence-corrected chi connectivity index (χ1v) is 5.51. The van der Waals surface area contributed by atoms with Gasteiger partial charge in [-0.05, 0) is 12.1 Å². The van der Waals surface area contributed by atoms with E-state index in [-0.39, 0.29) is 0 Å². The van der Waals surface area contributed by atoms with Crippen molar-refractivity contribution in [2.24, 2.45) is 5.73 Å². The summed E-state index contributed by atoms with van der Waals surface area (Å²) in [5, 5.41) is 0.958. The molecule has 3 nitrogen and oxygen atoms in total. The first-order chi connectivity index (χ1) is 7.38. The SMILES string of the molecule is NCc1cnc(COc2ccccc2)s1. The van der Waals surface area contributed by atoms with Gasteiger partial charge in [-0.2, -0.15) is 0 Å². The number of aromatic nitrogens is 1. The first-order valence-electron chi connectivity index (χ1n) is 4.70. The van der Waals surface area contributed by atoms with Gasteiger partial charge in [0.25, 0.3) is 0 Å². The minimum absolute atomic E-state index is 0.509. The average Bonchev–Trinajstić information content (AvgIpc) is 2.76. The third-order valence-corrected chi connectivity index (χ3v) is 2.90. The van der Waals surface area contributed by atoms with E-state index in [0.29, 0.717) is 13.2 Å². The minimum Gasteiger partial charge on any atom is -0.486 e. The quantitative estimate of drug-likeness (QED) is 0.859. The van der Waals surface area contributed by atoms with Crippen molar-refractivity contribution >= 4 is 11.3 Å². The Hall–Kier alpha value is -1.39. The molecule has 0 amide bonds. The third kappa shape index (κ3) is 2.78. The molecule has 78 valence electrons. The Balaban J connectivity index is 1.93. The van der Waals surface area contributed by atoms with Gasteiger partial charge < -0.3 is 10.5 Å². The highest BCUT2D eigenvalue weighted by Crippen LogP contribution is 2.15. The second kappa shape index (κ2) is 4.91. The second-order valence-corrected chi connectivity index (χ2v) is 4.23. The molecule has 0 radical (unpaired) electrons. The van der Waals surface area contributed by atoms with Crippen LogP contribution in [0, 0.1) is 0 Å². The van der Waals surface area contributed by atoms with Crippen molar-refractivity contribution in [1.82, 2.24) is 4.98 Å². The zero-order valence-electron chi connectivity index (χ0n) is 8.22. The van der Waals surface area contributed by atoms with Crippen LogP contribution in [0.1, 0.15) is 9.88 Å². The summed E-state index contributed by atoms with van der Waals surface area (Å²) in [5.41, 5.74) is 5.50. The molecular formula is C11H12N2OS. The molecule has 0 fully saturated rings. The lowest BCUT2D eigenvalue weighted by Crippen LogP contribution is -1.93. The molecule has 2 N–H and O–H groups in total. The van der Waals surface area contributed by atoms with Gasteiger partial charge >= 0.3 is 0 Å². The maximum atomic E-state index is 5.56. The highest BCUT2D eigenvalue weighted by molar-refractivity contribution is 7.11. The zero-order chi connectivity index (χ0) is 10.5. The molecule has 0 spiro atoms. The van der Waals surface area contributed by atoms with E-state index < -0.39 is 0 Å². The van der Waals surface area contributed by atoms with E-state index in [1.165, 1.54) is 0 Å². The molecule has 0 atom stereocenters. The molecule has 4 heteroatoms. The molecule has 0 bridgehead atoms. The smallest absolute Gasteiger partial charge is 0.140 e. The molecule has 0 saturated carbocycles. The van der Waals surface area contributed by atoms with E-state index in [2.05, 4.69) is 4.98 Å². The summed E-state index contributed by atoms with van der Waals surface area (Å²) in [6.45, 7) is 1.05. The van der Waals surface area contributed by atoms with Gasteiger partial charge in [0.05, 0.1) is 0 Å². The van der Waals surface area contributed by atoms with Gasteiger partial charge in [0.2, 0.25) is 0 Å². The summed E-state index contributed by atoms with van der Waals surface area (Å²) in [4.78, 5) is 5.30. The summed E-state index contributed by atoms with van der Waals surface area (Å²) in [7, 11) is 0. The van der Waals surface area contributed by atoms with Crippen LogP contribution >= 0.6 is 11.3 Å². The number of nitrogens with zero attached hydrogens (tertiary/aromatic N) is 1. The standard InChI is InChI=1S/C11H12N2OS/c12-6-10-7-13-11(15-10)8-14-9-4-2-1-3-5-9/h1-5,7H,6,8,12H2. The maximum absolute atomic E-state index is 5.56. The Morgan fingerprint density at radius 1 is 1.27 bits per heavy atom. The van der Waals surface area contributed by atoms with Crippen LogP contribution in [0.15, 0.2) is 36.5 Å². The number of hydrogen-bond donors (Lipinski definition) is 1. The monoisotopic (exact) mass is 220 g/mol. The van der Waals surface area contributed by atoms with Crippen molar-refractivity contribution in [2.75, 3.05) is 0 Å². The van der Waals surface area contributed by atoms with Crippen LogP contribution in [-0.4, -0.2) is 4.98 Å². The van der Waals surface area contributed by atoms with Crippen molar-refractivity contribution in [2.45, 2.75) is 13.2 Å². The Morgan fingerprint density at radius 2 is 2.07 bits per heavy atom. The van der Waals surface area contributed by atoms with Crippen molar-refractivity contribution in [3.8, 4) is 5.75 Å². The molecule has 2 rings (SSSR count).